The lowest BCUT2D eigenvalue weighted by molar-refractivity contribution is -0.272. The third-order valence-corrected chi connectivity index (χ3v) is 5.28. The molecule has 2 aromatic rings. The number of carbonyl (C=O) groups is 2. The standard InChI is InChI=1S/C20H24F3N5O4/c1-3-32-17(30)14-4-5-15(25-13-14)27-8-10-28(11-9-27)16(29)12-19(31,20(21,22)23)18-24-6-7-26(18)2/h4-7,13,31H,3,8-12H2,1-2H3. The number of amides is 1. The molecule has 0 spiro atoms. The number of aryl methyl sites for hydroxylation is 1. The van der Waals surface area contributed by atoms with E-state index in [1.54, 1.807) is 19.1 Å². The average molecular weight is 455 g/mol. The zero-order valence-corrected chi connectivity index (χ0v) is 17.7. The third kappa shape index (κ3) is 4.69. The molecule has 1 atom stereocenters. The minimum atomic E-state index is -5.08. The predicted octanol–water partition coefficient (Wildman–Crippen LogP) is 1.48. The van der Waals surface area contributed by atoms with Gasteiger partial charge in [-0.2, -0.15) is 13.2 Å². The van der Waals surface area contributed by atoms with Gasteiger partial charge in [0, 0.05) is 51.8 Å². The molecule has 1 fully saturated rings. The first kappa shape index (κ1) is 23.5. The number of anilines is 1. The monoisotopic (exact) mass is 455 g/mol. The molecule has 0 radical (unpaired) electrons. The van der Waals surface area contributed by atoms with Gasteiger partial charge >= 0.3 is 12.1 Å². The molecule has 1 aliphatic heterocycles. The van der Waals surface area contributed by atoms with Crippen LogP contribution in [0.3, 0.4) is 0 Å². The number of rotatable bonds is 6. The molecule has 32 heavy (non-hydrogen) atoms. The summed E-state index contributed by atoms with van der Waals surface area (Å²) in [5.74, 6) is -1.36. The van der Waals surface area contributed by atoms with Crippen molar-refractivity contribution in [3.8, 4) is 0 Å². The summed E-state index contributed by atoms with van der Waals surface area (Å²) >= 11 is 0. The summed E-state index contributed by atoms with van der Waals surface area (Å²) in [4.78, 5) is 35.3. The minimum Gasteiger partial charge on any atom is -0.462 e. The molecular formula is C20H24F3N5O4. The quantitative estimate of drug-likeness (QED) is 0.659. The third-order valence-electron chi connectivity index (χ3n) is 5.28. The highest BCUT2D eigenvalue weighted by Crippen LogP contribution is 2.41. The summed E-state index contributed by atoms with van der Waals surface area (Å²) in [5.41, 5.74) is -3.07. The number of hydrogen-bond acceptors (Lipinski definition) is 7. The largest absolute Gasteiger partial charge is 0.462 e. The molecule has 9 nitrogen and oxygen atoms in total. The van der Waals surface area contributed by atoms with E-state index < -0.39 is 35.9 Å². The van der Waals surface area contributed by atoms with E-state index in [0.717, 1.165) is 10.8 Å². The average Bonchev–Trinajstić information content (AvgIpc) is 3.19. The lowest BCUT2D eigenvalue weighted by Gasteiger charge is -2.37. The topological polar surface area (TPSA) is 101 Å². The van der Waals surface area contributed by atoms with E-state index in [4.69, 9.17) is 4.74 Å². The highest BCUT2D eigenvalue weighted by Gasteiger charge is 2.59. The van der Waals surface area contributed by atoms with Crippen LogP contribution < -0.4 is 4.90 Å². The highest BCUT2D eigenvalue weighted by atomic mass is 19.4. The van der Waals surface area contributed by atoms with Gasteiger partial charge in [0.1, 0.15) is 5.82 Å². The second-order valence-corrected chi connectivity index (χ2v) is 7.39. The molecule has 2 aromatic heterocycles. The molecule has 3 heterocycles. The van der Waals surface area contributed by atoms with Crippen LogP contribution in [0.5, 0.6) is 0 Å². The van der Waals surface area contributed by atoms with Crippen molar-refractivity contribution < 1.29 is 32.6 Å². The van der Waals surface area contributed by atoms with E-state index in [2.05, 4.69) is 9.97 Å². The number of halogens is 3. The molecule has 1 saturated heterocycles. The van der Waals surface area contributed by atoms with Gasteiger partial charge in [0.15, 0.2) is 5.82 Å². The van der Waals surface area contributed by atoms with E-state index >= 15 is 0 Å². The number of piperazine rings is 1. The first-order chi connectivity index (χ1) is 15.1. The van der Waals surface area contributed by atoms with Crippen molar-refractivity contribution in [1.82, 2.24) is 19.4 Å². The summed E-state index contributed by atoms with van der Waals surface area (Å²) in [6, 6.07) is 3.22. The van der Waals surface area contributed by atoms with Crippen molar-refractivity contribution in [2.24, 2.45) is 7.05 Å². The van der Waals surface area contributed by atoms with Crippen LogP contribution in [0.4, 0.5) is 19.0 Å². The highest BCUT2D eigenvalue weighted by molar-refractivity contribution is 5.89. The van der Waals surface area contributed by atoms with Crippen LogP contribution in [-0.2, 0) is 22.2 Å². The number of ether oxygens (including phenoxy) is 1. The summed E-state index contributed by atoms with van der Waals surface area (Å²) in [6.45, 7) is 2.95. The Bertz CT molecular complexity index is 955. The number of imidazole rings is 1. The van der Waals surface area contributed by atoms with Crippen LogP contribution in [0.25, 0.3) is 0 Å². The molecule has 174 valence electrons. The maximum Gasteiger partial charge on any atom is 0.425 e. The van der Waals surface area contributed by atoms with Crippen molar-refractivity contribution in [2.45, 2.75) is 25.1 Å². The molecule has 0 aromatic carbocycles. The fraction of sp³-hybridized carbons (Fsp3) is 0.500. The zero-order chi connectivity index (χ0) is 23.5. The predicted molar refractivity (Wildman–Crippen MR) is 107 cm³/mol. The number of carbonyl (C=O) groups excluding carboxylic acids is 2. The Morgan fingerprint density at radius 1 is 1.16 bits per heavy atom. The molecule has 1 aliphatic rings. The Hall–Kier alpha value is -3.15. The number of aliphatic hydroxyl groups is 1. The van der Waals surface area contributed by atoms with Crippen LogP contribution in [0.15, 0.2) is 30.7 Å². The van der Waals surface area contributed by atoms with Crippen molar-refractivity contribution in [3.63, 3.8) is 0 Å². The fourth-order valence-corrected chi connectivity index (χ4v) is 3.49. The van der Waals surface area contributed by atoms with E-state index in [1.165, 1.54) is 24.3 Å². The van der Waals surface area contributed by atoms with E-state index in [0.29, 0.717) is 24.5 Å². The molecule has 12 heteroatoms. The fourth-order valence-electron chi connectivity index (χ4n) is 3.49. The van der Waals surface area contributed by atoms with Gasteiger partial charge in [-0.25, -0.2) is 14.8 Å². The SMILES string of the molecule is CCOC(=O)c1ccc(N2CCN(C(=O)CC(O)(c3nccn3C)C(F)(F)F)CC2)nc1. The van der Waals surface area contributed by atoms with Crippen molar-refractivity contribution >= 4 is 17.7 Å². The Labute approximate surface area is 182 Å². The second kappa shape index (κ2) is 9.15. The maximum atomic E-state index is 13.7. The van der Waals surface area contributed by atoms with Gasteiger partial charge in [-0.05, 0) is 19.1 Å². The summed E-state index contributed by atoms with van der Waals surface area (Å²) in [7, 11) is 1.32. The van der Waals surface area contributed by atoms with Gasteiger partial charge in [-0.3, -0.25) is 4.79 Å². The van der Waals surface area contributed by atoms with E-state index in [1.807, 2.05) is 4.90 Å². The van der Waals surface area contributed by atoms with Crippen molar-refractivity contribution in [2.75, 3.05) is 37.7 Å². The van der Waals surface area contributed by atoms with Crippen LogP contribution in [-0.4, -0.2) is 75.4 Å². The molecule has 3 rings (SSSR count). The normalized spacial score (nSPS) is 16.6. The number of nitrogens with zero attached hydrogens (tertiary/aromatic N) is 5. The molecule has 1 N–H and O–H groups in total. The van der Waals surface area contributed by atoms with E-state index in [-0.39, 0.29) is 19.7 Å². The van der Waals surface area contributed by atoms with Gasteiger partial charge < -0.3 is 24.2 Å². The number of esters is 1. The zero-order valence-electron chi connectivity index (χ0n) is 17.7. The molecule has 0 saturated carbocycles. The Balaban J connectivity index is 1.64. The second-order valence-electron chi connectivity index (χ2n) is 7.39. The summed E-state index contributed by atoms with van der Waals surface area (Å²) in [6.07, 6.45) is -2.44. The van der Waals surface area contributed by atoms with Crippen molar-refractivity contribution in [3.05, 3.63) is 42.1 Å². The van der Waals surface area contributed by atoms with Gasteiger partial charge in [-0.1, -0.05) is 0 Å². The smallest absolute Gasteiger partial charge is 0.425 e. The molecule has 1 unspecified atom stereocenters. The van der Waals surface area contributed by atoms with E-state index in [9.17, 15) is 27.9 Å². The molecule has 0 bridgehead atoms. The van der Waals surface area contributed by atoms with Crippen LogP contribution in [0, 0.1) is 0 Å². The lowest BCUT2D eigenvalue weighted by Crippen LogP contribution is -2.53. The molecule has 0 aliphatic carbocycles. The Kier molecular flexibility index (Phi) is 6.72. The number of aromatic nitrogens is 3. The number of hydrogen-bond donors (Lipinski definition) is 1. The first-order valence-electron chi connectivity index (χ1n) is 9.99. The Morgan fingerprint density at radius 2 is 1.84 bits per heavy atom. The number of alkyl halides is 3. The lowest BCUT2D eigenvalue weighted by atomic mass is 9.96. The molecular weight excluding hydrogens is 431 g/mol. The Morgan fingerprint density at radius 3 is 2.34 bits per heavy atom. The molecule has 1 amide bonds. The summed E-state index contributed by atoms with van der Waals surface area (Å²) in [5, 5.41) is 10.4. The minimum absolute atomic E-state index is 0.161. The van der Waals surface area contributed by atoms with Crippen LogP contribution in [0.1, 0.15) is 29.5 Å². The van der Waals surface area contributed by atoms with Gasteiger partial charge in [0.25, 0.3) is 0 Å². The maximum absolute atomic E-state index is 13.7. The van der Waals surface area contributed by atoms with Gasteiger partial charge in [0.05, 0.1) is 18.6 Å². The van der Waals surface area contributed by atoms with Gasteiger partial charge in [0.2, 0.25) is 11.5 Å². The first-order valence-corrected chi connectivity index (χ1v) is 9.99. The van der Waals surface area contributed by atoms with Gasteiger partial charge in [-0.15, -0.1) is 0 Å². The van der Waals surface area contributed by atoms with Crippen LogP contribution >= 0.6 is 0 Å². The number of pyridine rings is 1. The van der Waals surface area contributed by atoms with Crippen LogP contribution in [0.2, 0.25) is 0 Å². The summed E-state index contributed by atoms with van der Waals surface area (Å²) < 4.78 is 47.0. The van der Waals surface area contributed by atoms with Crippen molar-refractivity contribution in [1.29, 1.82) is 0 Å².